The second-order valence-electron chi connectivity index (χ2n) is 10.5. The highest BCUT2D eigenvalue weighted by Crippen LogP contribution is 2.34. The number of halogens is 5. The normalized spacial score (nSPS) is 17.7. The summed E-state index contributed by atoms with van der Waals surface area (Å²) in [6.45, 7) is 2.16. The van der Waals surface area contributed by atoms with Crippen molar-refractivity contribution in [3.05, 3.63) is 94.4 Å². The lowest BCUT2D eigenvalue weighted by Crippen LogP contribution is -2.55. The fourth-order valence-corrected chi connectivity index (χ4v) is 6.90. The van der Waals surface area contributed by atoms with E-state index in [0.717, 1.165) is 40.3 Å². The van der Waals surface area contributed by atoms with E-state index in [0.29, 0.717) is 22.2 Å². The molecule has 1 aromatic heterocycles. The molecule has 0 amide bonds. The molecule has 0 aliphatic carbocycles. The predicted octanol–water partition coefficient (Wildman–Crippen LogP) is 7.28. The quantitative estimate of drug-likeness (QED) is 0.199. The summed E-state index contributed by atoms with van der Waals surface area (Å²) in [6, 6.07) is 18.4. The van der Waals surface area contributed by atoms with E-state index in [-0.39, 0.29) is 10.7 Å². The van der Waals surface area contributed by atoms with E-state index in [1.807, 2.05) is 55.6 Å². The molecular formula is C31H28Cl2F3N3O5S. The van der Waals surface area contributed by atoms with E-state index in [2.05, 4.69) is 4.57 Å². The van der Waals surface area contributed by atoms with Crippen molar-refractivity contribution in [3.63, 3.8) is 0 Å². The van der Waals surface area contributed by atoms with Crippen molar-refractivity contribution < 1.29 is 36.2 Å². The zero-order chi connectivity index (χ0) is 32.5. The molecule has 14 heteroatoms. The lowest BCUT2D eigenvalue weighted by molar-refractivity contribution is -0.144. The number of hydrogen-bond donors (Lipinski definition) is 1. The number of carboxylic acid groups (broad SMARTS) is 1. The fraction of sp³-hybridized carbons (Fsp3) is 0.290. The third-order valence-electron chi connectivity index (χ3n) is 7.61. The van der Waals surface area contributed by atoms with Gasteiger partial charge in [0.2, 0.25) is 0 Å². The Hall–Kier alpha value is -3.58. The molecule has 2 heterocycles. The Kier molecular flexibility index (Phi) is 9.50. The number of sulfonamides is 1. The van der Waals surface area contributed by atoms with Crippen LogP contribution in [0, 0.1) is 0 Å². The van der Waals surface area contributed by atoms with Crippen molar-refractivity contribution in [1.29, 1.82) is 0 Å². The zero-order valence-electron chi connectivity index (χ0n) is 23.8. The topological polar surface area (TPSA) is 102 Å². The van der Waals surface area contributed by atoms with Crippen molar-refractivity contribution >= 4 is 39.2 Å². The van der Waals surface area contributed by atoms with Gasteiger partial charge < -0.3 is 14.4 Å². The Morgan fingerprint density at radius 2 is 1.69 bits per heavy atom. The Balaban J connectivity index is 1.24. The minimum atomic E-state index is -5.78. The van der Waals surface area contributed by atoms with E-state index in [1.165, 1.54) is 0 Å². The maximum atomic E-state index is 13.0. The van der Waals surface area contributed by atoms with Crippen LogP contribution >= 0.6 is 23.2 Å². The van der Waals surface area contributed by atoms with Crippen LogP contribution in [0.3, 0.4) is 0 Å². The van der Waals surface area contributed by atoms with Gasteiger partial charge in [-0.1, -0.05) is 59.6 Å². The van der Waals surface area contributed by atoms with Crippen LogP contribution in [-0.4, -0.2) is 57.5 Å². The van der Waals surface area contributed by atoms with Gasteiger partial charge in [0.1, 0.15) is 23.7 Å². The summed E-state index contributed by atoms with van der Waals surface area (Å²) in [6.07, 6.45) is 1.29. The summed E-state index contributed by atoms with van der Waals surface area (Å²) in [5.74, 6) is -0.389. The number of carbonyl (C=O) groups is 1. The number of nitrogens with zero attached hydrogens (tertiary/aromatic N) is 3. The number of piperidine rings is 1. The first-order chi connectivity index (χ1) is 21.3. The van der Waals surface area contributed by atoms with Crippen LogP contribution in [-0.2, 0) is 27.8 Å². The average molecular weight is 683 g/mol. The molecule has 1 aliphatic heterocycles. The summed E-state index contributed by atoms with van der Waals surface area (Å²) >= 11 is 12.4. The summed E-state index contributed by atoms with van der Waals surface area (Å²) < 4.78 is 70.8. The van der Waals surface area contributed by atoms with Crippen LogP contribution in [0.4, 0.5) is 13.2 Å². The van der Waals surface area contributed by atoms with Gasteiger partial charge >= 0.3 is 21.5 Å². The average Bonchev–Trinajstić information content (AvgIpc) is 3.39. The summed E-state index contributed by atoms with van der Waals surface area (Å²) in [5.41, 5.74) is -1.13. The molecule has 1 fully saturated rings. The standard InChI is InChI=1S/C31H28Cl2F3N3O5S/c1-2-38-18-27(25-12-9-22(32)16-26(25)33)37-29(38)15-19-3-5-20(6-4-19)21-7-10-23(11-8-21)44-24-13-14-39(28(17-24)30(40)41)45(42,43)31(34,35)36/h3-12,16,18,24,28H,2,13-15,17H2,1H3,(H,40,41)/t24-,28-/m0/s1. The molecule has 1 N–H and O–H groups in total. The molecule has 0 unspecified atom stereocenters. The van der Waals surface area contributed by atoms with Gasteiger partial charge in [-0.3, -0.25) is 4.79 Å². The first kappa shape index (κ1) is 32.8. The highest BCUT2D eigenvalue weighted by molar-refractivity contribution is 7.90. The highest BCUT2D eigenvalue weighted by Gasteiger charge is 2.54. The van der Waals surface area contributed by atoms with E-state index in [4.69, 9.17) is 32.9 Å². The Morgan fingerprint density at radius 1 is 1.04 bits per heavy atom. The molecule has 1 saturated heterocycles. The summed E-state index contributed by atoms with van der Waals surface area (Å²) in [7, 11) is -5.78. The summed E-state index contributed by atoms with van der Waals surface area (Å²) in [5, 5.41) is 10.5. The molecule has 0 radical (unpaired) electrons. The number of aromatic nitrogens is 2. The molecule has 45 heavy (non-hydrogen) atoms. The monoisotopic (exact) mass is 681 g/mol. The maximum absolute atomic E-state index is 13.0. The molecule has 1 aliphatic rings. The highest BCUT2D eigenvalue weighted by atomic mass is 35.5. The second kappa shape index (κ2) is 13.0. The van der Waals surface area contributed by atoms with Gasteiger partial charge in [0.05, 0.1) is 10.7 Å². The van der Waals surface area contributed by atoms with Gasteiger partial charge in [0.25, 0.3) is 0 Å². The van der Waals surface area contributed by atoms with E-state index in [1.54, 1.807) is 24.3 Å². The molecule has 0 spiro atoms. The third-order valence-corrected chi connectivity index (χ3v) is 9.79. The Labute approximate surface area is 268 Å². The molecule has 0 saturated carbocycles. The first-order valence-corrected chi connectivity index (χ1v) is 16.1. The molecule has 238 valence electrons. The van der Waals surface area contributed by atoms with Gasteiger partial charge in [-0.15, -0.1) is 0 Å². The number of aliphatic carboxylic acids is 1. The molecule has 0 bridgehead atoms. The van der Waals surface area contributed by atoms with Crippen molar-refractivity contribution in [3.8, 4) is 28.1 Å². The van der Waals surface area contributed by atoms with Gasteiger partial charge in [-0.05, 0) is 60.4 Å². The molecule has 5 rings (SSSR count). The summed E-state index contributed by atoms with van der Waals surface area (Å²) in [4.78, 5) is 16.5. The van der Waals surface area contributed by atoms with Crippen LogP contribution in [0.5, 0.6) is 5.75 Å². The van der Waals surface area contributed by atoms with Gasteiger partial charge in [-0.2, -0.15) is 17.5 Å². The van der Waals surface area contributed by atoms with Gasteiger partial charge in [0, 0.05) is 42.7 Å². The number of imidazole rings is 1. The zero-order valence-corrected chi connectivity index (χ0v) is 26.2. The largest absolute Gasteiger partial charge is 0.511 e. The molecular weight excluding hydrogens is 654 g/mol. The van der Waals surface area contributed by atoms with Crippen molar-refractivity contribution in [2.75, 3.05) is 6.54 Å². The number of carboxylic acids is 1. The van der Waals surface area contributed by atoms with Crippen molar-refractivity contribution in [2.45, 2.75) is 50.4 Å². The Morgan fingerprint density at radius 3 is 2.27 bits per heavy atom. The smallest absolute Gasteiger partial charge is 0.490 e. The van der Waals surface area contributed by atoms with Crippen LogP contribution in [0.2, 0.25) is 10.0 Å². The molecule has 4 aromatic rings. The number of ether oxygens (including phenoxy) is 1. The van der Waals surface area contributed by atoms with Crippen LogP contribution < -0.4 is 4.74 Å². The van der Waals surface area contributed by atoms with Gasteiger partial charge in [-0.25, -0.2) is 13.4 Å². The number of benzene rings is 3. The molecule has 3 aromatic carbocycles. The van der Waals surface area contributed by atoms with E-state index >= 15 is 0 Å². The van der Waals surface area contributed by atoms with Crippen molar-refractivity contribution in [1.82, 2.24) is 13.9 Å². The fourth-order valence-electron chi connectivity index (χ4n) is 5.28. The number of alkyl halides is 3. The van der Waals surface area contributed by atoms with Gasteiger partial charge in [0.15, 0.2) is 0 Å². The SMILES string of the molecule is CCn1cc(-c2ccc(Cl)cc2Cl)nc1Cc1ccc(-c2ccc(O[C@H]3CCN(S(=O)(=O)C(F)(F)F)[C@H](C(=O)O)C3)cc2)cc1. The van der Waals surface area contributed by atoms with Crippen LogP contribution in [0.15, 0.2) is 72.9 Å². The predicted molar refractivity (Wildman–Crippen MR) is 165 cm³/mol. The number of aryl methyl sites for hydroxylation is 1. The minimum absolute atomic E-state index is 0.00820. The van der Waals surface area contributed by atoms with Crippen LogP contribution in [0.25, 0.3) is 22.4 Å². The van der Waals surface area contributed by atoms with Crippen molar-refractivity contribution in [2.24, 2.45) is 0 Å². The third kappa shape index (κ3) is 7.14. The lowest BCUT2D eigenvalue weighted by atomic mass is 10.0. The molecule has 8 nitrogen and oxygen atoms in total. The van der Waals surface area contributed by atoms with Crippen LogP contribution in [0.1, 0.15) is 31.2 Å². The van der Waals surface area contributed by atoms with E-state index < -0.39 is 46.6 Å². The number of rotatable bonds is 9. The number of hydrogen-bond acceptors (Lipinski definition) is 5. The Bertz CT molecular complexity index is 1800. The van der Waals surface area contributed by atoms with E-state index in [9.17, 15) is 31.5 Å². The second-order valence-corrected chi connectivity index (χ2v) is 13.3. The minimum Gasteiger partial charge on any atom is -0.490 e. The molecule has 2 atom stereocenters. The maximum Gasteiger partial charge on any atom is 0.511 e. The first-order valence-electron chi connectivity index (χ1n) is 13.9. The lowest BCUT2D eigenvalue weighted by Gasteiger charge is -2.36.